The second-order valence-corrected chi connectivity index (χ2v) is 16.1. The molecule has 0 heterocycles. The van der Waals surface area contributed by atoms with Gasteiger partial charge in [0.2, 0.25) is 5.91 Å². The number of allylic oxidation sites excluding steroid dienone is 12. The molecule has 10 heteroatoms. The Morgan fingerprint density at radius 1 is 0.698 bits per heavy atom. The topological polar surface area (TPSA) is 128 Å². The SMILES string of the molecule is CC/C=C\C/C=C\C/C=C\C/C=C\CCCCCCC(=O)NC(COP(=O)([O-])OCC[N+](C)(C)C)C(O)C(O)CCC/C=C/CC/C=C/CCCCC. The predicted octanol–water partition coefficient (Wildman–Crippen LogP) is 9.19. The first-order valence-electron chi connectivity index (χ1n) is 20.4. The first kappa shape index (κ1) is 50.9. The van der Waals surface area contributed by atoms with E-state index in [2.05, 4.69) is 92.1 Å². The number of phosphoric acid groups is 1. The molecular weight excluding hydrogens is 687 g/mol. The van der Waals surface area contributed by atoms with E-state index >= 15 is 0 Å². The van der Waals surface area contributed by atoms with Gasteiger partial charge in [0, 0.05) is 6.42 Å². The van der Waals surface area contributed by atoms with Crippen molar-refractivity contribution in [2.45, 2.75) is 154 Å². The molecule has 0 saturated heterocycles. The molecule has 0 saturated carbocycles. The second kappa shape index (κ2) is 34.4. The molecule has 0 aliphatic heterocycles. The van der Waals surface area contributed by atoms with Crippen LogP contribution in [-0.2, 0) is 18.4 Å². The monoisotopic (exact) mass is 765 g/mol. The lowest BCUT2D eigenvalue weighted by Gasteiger charge is -2.31. The molecule has 0 aliphatic rings. The summed E-state index contributed by atoms with van der Waals surface area (Å²) in [6, 6.07) is -1.11. The average Bonchev–Trinajstić information content (AvgIpc) is 3.10. The average molecular weight is 765 g/mol. The molecule has 0 aromatic heterocycles. The van der Waals surface area contributed by atoms with Crippen LogP contribution in [0, 0.1) is 0 Å². The fourth-order valence-corrected chi connectivity index (χ4v) is 5.92. The molecule has 0 aromatic carbocycles. The Bertz CT molecular complexity index is 1110. The Balaban J connectivity index is 4.69. The zero-order valence-corrected chi connectivity index (χ0v) is 34.9. The number of phosphoric ester groups is 1. The minimum Gasteiger partial charge on any atom is -0.756 e. The Morgan fingerprint density at radius 3 is 1.79 bits per heavy atom. The van der Waals surface area contributed by atoms with E-state index in [-0.39, 0.29) is 18.9 Å². The first-order valence-corrected chi connectivity index (χ1v) is 21.8. The minimum absolute atomic E-state index is 0.0580. The highest BCUT2D eigenvalue weighted by atomic mass is 31.2. The third-order valence-corrected chi connectivity index (χ3v) is 9.46. The summed E-state index contributed by atoms with van der Waals surface area (Å²) in [6.45, 7) is 4.20. The summed E-state index contributed by atoms with van der Waals surface area (Å²) in [7, 11) is 1.06. The highest BCUT2D eigenvalue weighted by Crippen LogP contribution is 2.38. The van der Waals surface area contributed by atoms with Crippen molar-refractivity contribution in [3.05, 3.63) is 72.9 Å². The Morgan fingerprint density at radius 2 is 1.21 bits per heavy atom. The van der Waals surface area contributed by atoms with Crippen LogP contribution in [-0.4, -0.2) is 79.8 Å². The molecule has 0 radical (unpaired) electrons. The number of aliphatic hydroxyl groups is 2. The number of hydrogen-bond donors (Lipinski definition) is 3. The molecule has 4 unspecified atom stereocenters. The van der Waals surface area contributed by atoms with Crippen molar-refractivity contribution in [1.82, 2.24) is 5.32 Å². The van der Waals surface area contributed by atoms with E-state index in [0.717, 1.165) is 77.0 Å². The number of aliphatic hydroxyl groups excluding tert-OH is 2. The largest absolute Gasteiger partial charge is 0.756 e. The molecule has 4 atom stereocenters. The van der Waals surface area contributed by atoms with Gasteiger partial charge < -0.3 is 34.0 Å². The van der Waals surface area contributed by atoms with Gasteiger partial charge in [-0.25, -0.2) is 0 Å². The van der Waals surface area contributed by atoms with Gasteiger partial charge >= 0.3 is 0 Å². The fourth-order valence-electron chi connectivity index (χ4n) is 5.20. The van der Waals surface area contributed by atoms with E-state index in [0.29, 0.717) is 30.3 Å². The number of rotatable bonds is 35. The highest BCUT2D eigenvalue weighted by Gasteiger charge is 2.29. The number of likely N-dealkylation sites (N-methyl/N-ethyl adjacent to an activating group) is 1. The zero-order chi connectivity index (χ0) is 39.5. The van der Waals surface area contributed by atoms with Crippen molar-refractivity contribution in [3.8, 4) is 0 Å². The van der Waals surface area contributed by atoms with Crippen LogP contribution in [0.2, 0.25) is 0 Å². The number of carbonyl (C=O) groups excluding carboxylic acids is 1. The van der Waals surface area contributed by atoms with Gasteiger partial charge in [0.15, 0.2) is 0 Å². The second-order valence-electron chi connectivity index (χ2n) is 14.7. The van der Waals surface area contributed by atoms with Gasteiger partial charge in [-0.15, -0.1) is 0 Å². The number of carbonyl (C=O) groups is 1. The molecule has 3 N–H and O–H groups in total. The van der Waals surface area contributed by atoms with Crippen molar-refractivity contribution in [1.29, 1.82) is 0 Å². The van der Waals surface area contributed by atoms with Crippen LogP contribution >= 0.6 is 7.82 Å². The smallest absolute Gasteiger partial charge is 0.268 e. The lowest BCUT2D eigenvalue weighted by Crippen LogP contribution is -2.51. The predicted molar refractivity (Wildman–Crippen MR) is 220 cm³/mol. The summed E-state index contributed by atoms with van der Waals surface area (Å²) in [5, 5.41) is 24.5. The fraction of sp³-hybridized carbons (Fsp3) is 0.698. The molecule has 0 fully saturated rings. The summed E-state index contributed by atoms with van der Waals surface area (Å²) in [5.74, 6) is -0.321. The summed E-state index contributed by atoms with van der Waals surface area (Å²) < 4.78 is 23.0. The summed E-state index contributed by atoms with van der Waals surface area (Å²) in [5.41, 5.74) is 0. The van der Waals surface area contributed by atoms with Crippen molar-refractivity contribution in [2.24, 2.45) is 0 Å². The maximum atomic E-state index is 12.8. The molecule has 1 amide bonds. The molecule has 53 heavy (non-hydrogen) atoms. The van der Waals surface area contributed by atoms with Crippen molar-refractivity contribution >= 4 is 13.7 Å². The Hall–Kier alpha value is -2.10. The van der Waals surface area contributed by atoms with Crippen molar-refractivity contribution in [3.63, 3.8) is 0 Å². The number of hydrogen-bond acceptors (Lipinski definition) is 7. The van der Waals surface area contributed by atoms with E-state index in [1.165, 1.54) is 19.3 Å². The Kier molecular flexibility index (Phi) is 33.0. The lowest BCUT2D eigenvalue weighted by molar-refractivity contribution is -0.870. The highest BCUT2D eigenvalue weighted by molar-refractivity contribution is 7.45. The normalized spacial score (nSPS) is 15.8. The van der Waals surface area contributed by atoms with Gasteiger partial charge in [0.1, 0.15) is 19.3 Å². The first-order chi connectivity index (χ1) is 25.4. The van der Waals surface area contributed by atoms with Gasteiger partial charge in [-0.3, -0.25) is 9.36 Å². The van der Waals surface area contributed by atoms with Crippen LogP contribution < -0.4 is 10.2 Å². The number of nitrogens with one attached hydrogen (secondary N) is 1. The van der Waals surface area contributed by atoms with Gasteiger partial charge in [-0.05, 0) is 89.9 Å². The van der Waals surface area contributed by atoms with E-state index < -0.39 is 32.7 Å². The van der Waals surface area contributed by atoms with E-state index in [9.17, 15) is 24.5 Å². The number of unbranched alkanes of at least 4 members (excludes halogenated alkanes) is 9. The maximum Gasteiger partial charge on any atom is 0.268 e. The van der Waals surface area contributed by atoms with Crippen LogP contribution in [0.3, 0.4) is 0 Å². The van der Waals surface area contributed by atoms with Crippen LogP contribution in [0.5, 0.6) is 0 Å². The van der Waals surface area contributed by atoms with Gasteiger partial charge in [-0.2, -0.15) is 0 Å². The molecule has 9 nitrogen and oxygen atoms in total. The van der Waals surface area contributed by atoms with Gasteiger partial charge in [-0.1, -0.05) is 112 Å². The van der Waals surface area contributed by atoms with Crippen LogP contribution in [0.1, 0.15) is 136 Å². The number of amides is 1. The Labute approximate surface area is 324 Å². The maximum absolute atomic E-state index is 12.8. The quantitative estimate of drug-likeness (QED) is 0.0254. The van der Waals surface area contributed by atoms with Crippen molar-refractivity contribution in [2.75, 3.05) is 40.9 Å². The summed E-state index contributed by atoms with van der Waals surface area (Å²) >= 11 is 0. The van der Waals surface area contributed by atoms with Crippen LogP contribution in [0.25, 0.3) is 0 Å². The number of quaternary nitrogens is 1. The molecule has 0 rings (SSSR count). The summed E-state index contributed by atoms with van der Waals surface area (Å²) in [6.07, 6.45) is 40.9. The van der Waals surface area contributed by atoms with E-state index in [1.54, 1.807) is 0 Å². The van der Waals surface area contributed by atoms with Crippen LogP contribution in [0.4, 0.5) is 0 Å². The molecule has 306 valence electrons. The molecule has 0 spiro atoms. The van der Waals surface area contributed by atoms with E-state index in [4.69, 9.17) is 9.05 Å². The molecule has 0 bridgehead atoms. The third-order valence-electron chi connectivity index (χ3n) is 8.50. The van der Waals surface area contributed by atoms with Gasteiger partial charge in [0.25, 0.3) is 7.82 Å². The summed E-state index contributed by atoms with van der Waals surface area (Å²) in [4.78, 5) is 25.3. The number of nitrogens with zero attached hydrogens (tertiary/aromatic N) is 1. The van der Waals surface area contributed by atoms with Gasteiger partial charge in [0.05, 0.1) is 39.9 Å². The van der Waals surface area contributed by atoms with E-state index in [1.807, 2.05) is 21.1 Å². The molecular formula is C43H77N2O7P. The van der Waals surface area contributed by atoms with Crippen molar-refractivity contribution < 1.29 is 38.0 Å². The molecule has 0 aromatic rings. The minimum atomic E-state index is -4.68. The third kappa shape index (κ3) is 35.4. The molecule has 0 aliphatic carbocycles. The standard InChI is InChI=1S/C43H77N2O7P/c1-6-8-10-12-14-16-18-20-21-22-23-24-26-28-30-32-34-36-42(47)44-40(39-52-53(49,50)51-38-37-45(3,4)5)43(48)41(46)35-33-31-29-27-25-19-17-15-13-11-9-7-2/h8,10,14-17,20-21,23-24,27,29,40-41,43,46,48H,6-7,9,11-13,18-19,22,25-26,28,30-39H2,1-5H3,(H-,44,47,49,50)/b10-8-,16-14-,17-15+,21-20-,24-23-,29-27+. The van der Waals surface area contributed by atoms with Crippen LogP contribution in [0.15, 0.2) is 72.9 Å². The zero-order valence-electron chi connectivity index (χ0n) is 34.0. The lowest BCUT2D eigenvalue weighted by atomic mass is 10.0.